The van der Waals surface area contributed by atoms with Crippen LogP contribution in [-0.2, 0) is 13.5 Å². The number of aryl methyl sites for hydroxylation is 1. The van der Waals surface area contributed by atoms with Gasteiger partial charge in [0.15, 0.2) is 0 Å². The smallest absolute Gasteiger partial charge is 0.0540 e. The lowest BCUT2D eigenvalue weighted by molar-refractivity contribution is 0.378. The SMILES string of the molecule is CC(C)CCCC(C)NC1CCCc2c1cnn2C. The average molecular weight is 263 g/mol. The average Bonchev–Trinajstić information content (AvgIpc) is 2.72. The van der Waals surface area contributed by atoms with Gasteiger partial charge in [-0.3, -0.25) is 4.68 Å². The van der Waals surface area contributed by atoms with Crippen molar-refractivity contribution < 1.29 is 0 Å². The summed E-state index contributed by atoms with van der Waals surface area (Å²) in [5.41, 5.74) is 2.86. The van der Waals surface area contributed by atoms with E-state index in [-0.39, 0.29) is 0 Å². The molecule has 0 bridgehead atoms. The van der Waals surface area contributed by atoms with Crippen LogP contribution in [-0.4, -0.2) is 15.8 Å². The van der Waals surface area contributed by atoms with Gasteiger partial charge in [-0.15, -0.1) is 0 Å². The van der Waals surface area contributed by atoms with Gasteiger partial charge in [0.2, 0.25) is 0 Å². The first-order valence-corrected chi connectivity index (χ1v) is 7.84. The third-order valence-electron chi connectivity index (χ3n) is 4.28. The van der Waals surface area contributed by atoms with Gasteiger partial charge in [0.25, 0.3) is 0 Å². The molecule has 1 aromatic heterocycles. The largest absolute Gasteiger partial charge is 0.307 e. The van der Waals surface area contributed by atoms with Crippen molar-refractivity contribution in [2.75, 3.05) is 0 Å². The fraction of sp³-hybridized carbons (Fsp3) is 0.812. The highest BCUT2D eigenvalue weighted by atomic mass is 15.3. The monoisotopic (exact) mass is 263 g/mol. The number of fused-ring (bicyclic) bond motifs is 1. The lowest BCUT2D eigenvalue weighted by Gasteiger charge is -2.27. The predicted molar refractivity (Wildman–Crippen MR) is 80.2 cm³/mol. The van der Waals surface area contributed by atoms with Crippen molar-refractivity contribution >= 4 is 0 Å². The summed E-state index contributed by atoms with van der Waals surface area (Å²) in [6.45, 7) is 6.94. The van der Waals surface area contributed by atoms with E-state index in [1.807, 2.05) is 4.68 Å². The molecule has 0 saturated heterocycles. The summed E-state index contributed by atoms with van der Waals surface area (Å²) in [6.07, 6.45) is 9.74. The quantitative estimate of drug-likeness (QED) is 0.850. The van der Waals surface area contributed by atoms with Crippen LogP contribution in [0, 0.1) is 5.92 Å². The minimum Gasteiger partial charge on any atom is -0.307 e. The molecule has 1 N–H and O–H groups in total. The van der Waals surface area contributed by atoms with Crippen molar-refractivity contribution in [3.05, 3.63) is 17.5 Å². The predicted octanol–water partition coefficient (Wildman–Crippen LogP) is 3.60. The Morgan fingerprint density at radius 2 is 2.16 bits per heavy atom. The van der Waals surface area contributed by atoms with Gasteiger partial charge >= 0.3 is 0 Å². The van der Waals surface area contributed by atoms with E-state index in [9.17, 15) is 0 Å². The highest BCUT2D eigenvalue weighted by molar-refractivity contribution is 5.24. The standard InChI is InChI=1S/C16H29N3/c1-12(2)7-5-8-13(3)18-15-9-6-10-16-14(15)11-17-19(16)4/h11-13,15,18H,5-10H2,1-4H3. The zero-order chi connectivity index (χ0) is 13.8. The molecule has 0 fully saturated rings. The summed E-state index contributed by atoms with van der Waals surface area (Å²) in [6, 6.07) is 1.13. The fourth-order valence-corrected chi connectivity index (χ4v) is 3.14. The maximum Gasteiger partial charge on any atom is 0.0540 e. The Morgan fingerprint density at radius 1 is 1.37 bits per heavy atom. The zero-order valence-electron chi connectivity index (χ0n) is 12.9. The number of hydrogen-bond acceptors (Lipinski definition) is 2. The van der Waals surface area contributed by atoms with E-state index in [0.717, 1.165) is 5.92 Å². The summed E-state index contributed by atoms with van der Waals surface area (Å²) in [7, 11) is 2.06. The molecule has 0 aliphatic heterocycles. The summed E-state index contributed by atoms with van der Waals surface area (Å²) >= 11 is 0. The third-order valence-corrected chi connectivity index (χ3v) is 4.28. The fourth-order valence-electron chi connectivity index (χ4n) is 3.14. The summed E-state index contributed by atoms with van der Waals surface area (Å²) in [5, 5.41) is 8.23. The van der Waals surface area contributed by atoms with E-state index in [4.69, 9.17) is 0 Å². The minimum atomic E-state index is 0.520. The molecule has 1 aliphatic rings. The van der Waals surface area contributed by atoms with Crippen LogP contribution in [0.1, 0.15) is 70.2 Å². The van der Waals surface area contributed by atoms with Crippen LogP contribution in [0.5, 0.6) is 0 Å². The molecule has 0 saturated carbocycles. The summed E-state index contributed by atoms with van der Waals surface area (Å²) in [4.78, 5) is 0. The van der Waals surface area contributed by atoms with Crippen LogP contribution in [0.2, 0.25) is 0 Å². The van der Waals surface area contributed by atoms with Crippen LogP contribution < -0.4 is 5.32 Å². The molecule has 2 rings (SSSR count). The molecule has 1 aromatic rings. The number of hydrogen-bond donors (Lipinski definition) is 1. The van der Waals surface area contributed by atoms with Crippen molar-refractivity contribution in [3.63, 3.8) is 0 Å². The summed E-state index contributed by atoms with van der Waals surface area (Å²) in [5.74, 6) is 0.826. The Morgan fingerprint density at radius 3 is 2.89 bits per heavy atom. The Kier molecular flexibility index (Phi) is 5.03. The van der Waals surface area contributed by atoms with E-state index in [1.54, 1.807) is 0 Å². The van der Waals surface area contributed by atoms with Gasteiger partial charge in [0.05, 0.1) is 6.20 Å². The second kappa shape index (κ2) is 6.56. The first kappa shape index (κ1) is 14.6. The number of nitrogens with zero attached hydrogens (tertiary/aromatic N) is 2. The molecular weight excluding hydrogens is 234 g/mol. The van der Waals surface area contributed by atoms with Crippen LogP contribution in [0.3, 0.4) is 0 Å². The minimum absolute atomic E-state index is 0.520. The number of nitrogens with one attached hydrogen (secondary N) is 1. The van der Waals surface area contributed by atoms with E-state index >= 15 is 0 Å². The van der Waals surface area contributed by atoms with Crippen LogP contribution in [0.25, 0.3) is 0 Å². The van der Waals surface area contributed by atoms with Gasteiger partial charge in [0.1, 0.15) is 0 Å². The Hall–Kier alpha value is -0.830. The molecule has 0 radical (unpaired) electrons. The second-order valence-electron chi connectivity index (χ2n) is 6.51. The van der Waals surface area contributed by atoms with Crippen molar-refractivity contribution in [1.82, 2.24) is 15.1 Å². The van der Waals surface area contributed by atoms with E-state index < -0.39 is 0 Å². The Labute approximate surface area is 117 Å². The topological polar surface area (TPSA) is 29.9 Å². The molecule has 1 heterocycles. The maximum atomic E-state index is 4.42. The molecular formula is C16H29N3. The number of aromatic nitrogens is 2. The van der Waals surface area contributed by atoms with Crippen molar-refractivity contribution in [1.29, 1.82) is 0 Å². The van der Waals surface area contributed by atoms with Crippen LogP contribution in [0.15, 0.2) is 6.20 Å². The molecule has 19 heavy (non-hydrogen) atoms. The van der Waals surface area contributed by atoms with Gasteiger partial charge in [0, 0.05) is 30.4 Å². The van der Waals surface area contributed by atoms with Crippen LogP contribution >= 0.6 is 0 Å². The molecule has 1 aliphatic carbocycles. The van der Waals surface area contributed by atoms with Crippen molar-refractivity contribution in [2.45, 2.75) is 71.4 Å². The molecule has 3 heteroatoms. The molecule has 2 unspecified atom stereocenters. The van der Waals surface area contributed by atoms with E-state index in [0.29, 0.717) is 12.1 Å². The van der Waals surface area contributed by atoms with E-state index in [2.05, 4.69) is 44.4 Å². The summed E-state index contributed by atoms with van der Waals surface area (Å²) < 4.78 is 2.05. The number of rotatable bonds is 6. The zero-order valence-corrected chi connectivity index (χ0v) is 12.9. The normalized spacial score (nSPS) is 20.6. The molecule has 0 aromatic carbocycles. The van der Waals surface area contributed by atoms with Gasteiger partial charge in [-0.1, -0.05) is 26.7 Å². The maximum absolute atomic E-state index is 4.42. The van der Waals surface area contributed by atoms with Gasteiger partial charge in [-0.25, -0.2) is 0 Å². The first-order chi connectivity index (χ1) is 9.08. The highest BCUT2D eigenvalue weighted by Gasteiger charge is 2.24. The van der Waals surface area contributed by atoms with E-state index in [1.165, 1.54) is 49.8 Å². The van der Waals surface area contributed by atoms with Gasteiger partial charge in [-0.05, 0) is 38.5 Å². The van der Waals surface area contributed by atoms with Crippen molar-refractivity contribution in [2.24, 2.45) is 13.0 Å². The van der Waals surface area contributed by atoms with Gasteiger partial charge in [-0.2, -0.15) is 5.10 Å². The first-order valence-electron chi connectivity index (χ1n) is 7.84. The second-order valence-corrected chi connectivity index (χ2v) is 6.51. The van der Waals surface area contributed by atoms with Crippen molar-refractivity contribution in [3.8, 4) is 0 Å². The lowest BCUT2D eigenvalue weighted by atomic mass is 9.92. The molecule has 3 nitrogen and oxygen atoms in total. The van der Waals surface area contributed by atoms with Gasteiger partial charge < -0.3 is 5.32 Å². The Bertz CT molecular complexity index is 395. The lowest BCUT2D eigenvalue weighted by Crippen LogP contribution is -2.32. The molecule has 2 atom stereocenters. The Balaban J connectivity index is 1.86. The van der Waals surface area contributed by atoms with Crippen LogP contribution in [0.4, 0.5) is 0 Å². The molecule has 0 spiro atoms. The molecule has 0 amide bonds. The highest BCUT2D eigenvalue weighted by Crippen LogP contribution is 2.29. The third kappa shape index (κ3) is 3.82. The molecule has 108 valence electrons.